The zero-order chi connectivity index (χ0) is 18.0. The Labute approximate surface area is 147 Å². The van der Waals surface area contributed by atoms with Gasteiger partial charge in [-0.15, -0.1) is 0 Å². The smallest absolute Gasteiger partial charge is 0.189 e. The largest absolute Gasteiger partial charge is 0.508 e. The Morgan fingerprint density at radius 2 is 2.04 bits per heavy atom. The van der Waals surface area contributed by atoms with E-state index in [4.69, 9.17) is 9.47 Å². The third-order valence-corrected chi connectivity index (χ3v) is 3.96. The van der Waals surface area contributed by atoms with Crippen LogP contribution in [0.2, 0.25) is 0 Å². The molecule has 3 rings (SSSR count). The van der Waals surface area contributed by atoms with Gasteiger partial charge in [-0.2, -0.15) is 0 Å². The lowest BCUT2D eigenvalue weighted by Gasteiger charge is -2.29. The van der Waals surface area contributed by atoms with E-state index in [1.807, 2.05) is 32.1 Å². The van der Waals surface area contributed by atoms with Crippen LogP contribution in [0.1, 0.15) is 35.3 Å². The molecule has 1 N–H and O–H groups in total. The number of fused-ring (bicyclic) bond motifs is 1. The van der Waals surface area contributed by atoms with Crippen LogP contribution in [0.4, 0.5) is 0 Å². The lowest BCUT2D eigenvalue weighted by molar-refractivity contribution is 0.103. The highest BCUT2D eigenvalue weighted by Crippen LogP contribution is 2.39. The lowest BCUT2D eigenvalue weighted by atomic mass is 9.97. The number of hydrogen-bond donors (Lipinski definition) is 1. The van der Waals surface area contributed by atoms with E-state index in [-0.39, 0.29) is 11.5 Å². The summed E-state index contributed by atoms with van der Waals surface area (Å²) in [5.74, 6) is 1.17. The predicted octanol–water partition coefficient (Wildman–Crippen LogP) is 4.48. The van der Waals surface area contributed by atoms with E-state index < -0.39 is 5.60 Å². The van der Waals surface area contributed by atoms with Gasteiger partial charge in [0.2, 0.25) is 0 Å². The molecule has 2 aromatic carbocycles. The number of ether oxygens (including phenoxy) is 2. The Morgan fingerprint density at radius 1 is 1.24 bits per heavy atom. The topological polar surface area (TPSA) is 55.8 Å². The summed E-state index contributed by atoms with van der Waals surface area (Å²) in [6.45, 7) is 3.87. The second-order valence-electron chi connectivity index (χ2n) is 6.39. The van der Waals surface area contributed by atoms with Crippen molar-refractivity contribution < 1.29 is 19.4 Å². The van der Waals surface area contributed by atoms with Gasteiger partial charge in [-0.1, -0.05) is 18.2 Å². The van der Waals surface area contributed by atoms with E-state index in [0.29, 0.717) is 17.1 Å². The number of phenols is 1. The van der Waals surface area contributed by atoms with Gasteiger partial charge in [-0.25, -0.2) is 0 Å². The molecule has 0 unspecified atom stereocenters. The summed E-state index contributed by atoms with van der Waals surface area (Å²) in [5.41, 5.74) is 1.49. The third-order valence-electron chi connectivity index (χ3n) is 3.96. The second-order valence-corrected chi connectivity index (χ2v) is 6.39. The maximum atomic E-state index is 12.7. The molecule has 0 saturated heterocycles. The maximum absolute atomic E-state index is 12.7. The molecule has 0 spiro atoms. The van der Waals surface area contributed by atoms with E-state index in [0.717, 1.165) is 11.1 Å². The number of aromatic hydroxyl groups is 1. The van der Waals surface area contributed by atoms with Crippen LogP contribution in [0.25, 0.3) is 12.2 Å². The molecule has 0 fully saturated rings. The van der Waals surface area contributed by atoms with E-state index in [1.54, 1.807) is 43.5 Å². The molecule has 0 saturated carbocycles. The van der Waals surface area contributed by atoms with Crippen molar-refractivity contribution in [3.63, 3.8) is 0 Å². The Morgan fingerprint density at radius 3 is 2.76 bits per heavy atom. The summed E-state index contributed by atoms with van der Waals surface area (Å²) < 4.78 is 11.4. The number of hydrogen-bond acceptors (Lipinski definition) is 4. The SMILES string of the molecule is COc1ccc(C(=O)C=Cc2cccc(O)c2)c2c1C=CC(C)(C)O2. The number of carbonyl (C=O) groups is 1. The number of ketones is 1. The van der Waals surface area contributed by atoms with Crippen LogP contribution in [-0.4, -0.2) is 23.6 Å². The molecule has 0 aliphatic carbocycles. The van der Waals surface area contributed by atoms with Crippen LogP contribution < -0.4 is 9.47 Å². The number of phenolic OH excluding ortho intramolecular Hbond substituents is 1. The predicted molar refractivity (Wildman–Crippen MR) is 98.2 cm³/mol. The van der Waals surface area contributed by atoms with Crippen molar-refractivity contribution in [2.24, 2.45) is 0 Å². The minimum atomic E-state index is -0.497. The minimum absolute atomic E-state index is 0.159. The standard InChI is InChI=1S/C21H20O4/c1-21(2)12-11-17-19(24-3)10-8-16(20(17)25-21)18(23)9-7-14-5-4-6-15(22)13-14/h4-13,22H,1-3H3. The quantitative estimate of drug-likeness (QED) is 0.660. The van der Waals surface area contributed by atoms with E-state index in [9.17, 15) is 9.90 Å². The highest BCUT2D eigenvalue weighted by Gasteiger charge is 2.27. The van der Waals surface area contributed by atoms with Crippen molar-refractivity contribution in [3.8, 4) is 17.2 Å². The lowest BCUT2D eigenvalue weighted by Crippen LogP contribution is -2.28. The summed E-state index contributed by atoms with van der Waals surface area (Å²) in [7, 11) is 1.59. The first-order chi connectivity index (χ1) is 11.9. The molecule has 128 valence electrons. The monoisotopic (exact) mass is 336 g/mol. The van der Waals surface area contributed by atoms with Crippen molar-refractivity contribution in [1.29, 1.82) is 0 Å². The average Bonchev–Trinajstić information content (AvgIpc) is 2.58. The third kappa shape index (κ3) is 3.58. The fourth-order valence-corrected chi connectivity index (χ4v) is 2.69. The normalized spacial score (nSPS) is 14.8. The molecule has 25 heavy (non-hydrogen) atoms. The van der Waals surface area contributed by atoms with E-state index in [2.05, 4.69) is 0 Å². The first-order valence-corrected chi connectivity index (χ1v) is 8.00. The van der Waals surface area contributed by atoms with Gasteiger partial charge in [0.25, 0.3) is 0 Å². The summed E-state index contributed by atoms with van der Waals surface area (Å²) in [6, 6.07) is 10.2. The summed E-state index contributed by atoms with van der Waals surface area (Å²) in [6.07, 6.45) is 7.01. The number of benzene rings is 2. The molecule has 2 aromatic rings. The molecule has 4 heteroatoms. The average molecular weight is 336 g/mol. The Hall–Kier alpha value is -3.01. The number of methoxy groups -OCH3 is 1. The van der Waals surface area contributed by atoms with Gasteiger partial charge in [0.1, 0.15) is 22.8 Å². The van der Waals surface area contributed by atoms with Crippen LogP contribution in [0.3, 0.4) is 0 Å². The van der Waals surface area contributed by atoms with Crippen LogP contribution in [0.5, 0.6) is 17.2 Å². The molecule has 1 aliphatic rings. The Kier molecular flexibility index (Phi) is 4.36. The fraction of sp³-hybridized carbons (Fsp3) is 0.190. The molecule has 0 amide bonds. The van der Waals surface area contributed by atoms with Crippen molar-refractivity contribution in [2.45, 2.75) is 19.4 Å². The summed E-state index contributed by atoms with van der Waals surface area (Å²) in [4.78, 5) is 12.7. The summed E-state index contributed by atoms with van der Waals surface area (Å²) >= 11 is 0. The van der Waals surface area contributed by atoms with Crippen LogP contribution in [0, 0.1) is 0 Å². The zero-order valence-corrected chi connectivity index (χ0v) is 14.4. The van der Waals surface area contributed by atoms with Gasteiger partial charge in [-0.05, 0) is 61.9 Å². The molecular formula is C21H20O4. The fourth-order valence-electron chi connectivity index (χ4n) is 2.69. The minimum Gasteiger partial charge on any atom is -0.508 e. The van der Waals surface area contributed by atoms with E-state index in [1.165, 1.54) is 6.08 Å². The van der Waals surface area contributed by atoms with Gasteiger partial charge in [0.05, 0.1) is 18.2 Å². The van der Waals surface area contributed by atoms with Crippen LogP contribution in [0.15, 0.2) is 48.6 Å². The number of rotatable bonds is 4. The Balaban J connectivity index is 1.97. The first-order valence-electron chi connectivity index (χ1n) is 8.00. The van der Waals surface area contributed by atoms with Crippen molar-refractivity contribution in [3.05, 3.63) is 65.2 Å². The van der Waals surface area contributed by atoms with Crippen molar-refractivity contribution in [1.82, 2.24) is 0 Å². The molecule has 0 radical (unpaired) electrons. The molecule has 0 atom stereocenters. The second kappa shape index (κ2) is 6.48. The number of allylic oxidation sites excluding steroid dienone is 1. The van der Waals surface area contributed by atoms with Gasteiger partial charge in [0.15, 0.2) is 5.78 Å². The molecule has 1 heterocycles. The molecule has 1 aliphatic heterocycles. The number of carbonyl (C=O) groups excluding carboxylic acids is 1. The zero-order valence-electron chi connectivity index (χ0n) is 14.4. The molecular weight excluding hydrogens is 316 g/mol. The highest BCUT2D eigenvalue weighted by atomic mass is 16.5. The van der Waals surface area contributed by atoms with E-state index >= 15 is 0 Å². The molecule has 0 bridgehead atoms. The van der Waals surface area contributed by atoms with Gasteiger partial charge < -0.3 is 14.6 Å². The van der Waals surface area contributed by atoms with Gasteiger partial charge in [0, 0.05) is 0 Å². The molecule has 0 aromatic heterocycles. The summed E-state index contributed by atoms with van der Waals surface area (Å²) in [5, 5.41) is 9.51. The van der Waals surface area contributed by atoms with Gasteiger partial charge in [-0.3, -0.25) is 4.79 Å². The van der Waals surface area contributed by atoms with Crippen LogP contribution in [-0.2, 0) is 0 Å². The Bertz CT molecular complexity index is 875. The molecule has 4 nitrogen and oxygen atoms in total. The van der Waals surface area contributed by atoms with Crippen molar-refractivity contribution >= 4 is 17.9 Å². The van der Waals surface area contributed by atoms with Crippen LogP contribution >= 0.6 is 0 Å². The highest BCUT2D eigenvalue weighted by molar-refractivity contribution is 6.09. The first kappa shape index (κ1) is 16.8. The van der Waals surface area contributed by atoms with Crippen molar-refractivity contribution in [2.75, 3.05) is 7.11 Å². The van der Waals surface area contributed by atoms with Gasteiger partial charge >= 0.3 is 0 Å². The maximum Gasteiger partial charge on any atom is 0.189 e.